The van der Waals surface area contributed by atoms with E-state index in [1.54, 1.807) is 4.90 Å². The molecule has 1 unspecified atom stereocenters. The first-order chi connectivity index (χ1) is 8.57. The standard InChI is InChI=1S/C14H23N3O.2ClH/c1-15-10-11-17(4)14(18)13(16(2)3)12-8-6-5-7-9-12;;/h5-9,13,15H,10-11H2,1-4H3;2*1H. The van der Waals surface area contributed by atoms with Crippen molar-refractivity contribution in [3.8, 4) is 0 Å². The summed E-state index contributed by atoms with van der Waals surface area (Å²) in [6.45, 7) is 1.52. The number of carbonyl (C=O) groups is 1. The molecule has 0 aromatic heterocycles. The molecule has 1 atom stereocenters. The molecule has 6 heteroatoms. The minimum atomic E-state index is -0.215. The summed E-state index contributed by atoms with van der Waals surface area (Å²) in [6, 6.07) is 9.67. The molecule has 1 N–H and O–H groups in total. The SMILES string of the molecule is CNCCN(C)C(=O)C(c1ccccc1)N(C)C.Cl.Cl. The average molecular weight is 322 g/mol. The fraction of sp³-hybridized carbons (Fsp3) is 0.500. The summed E-state index contributed by atoms with van der Waals surface area (Å²) in [5.74, 6) is 0.126. The fourth-order valence-electron chi connectivity index (χ4n) is 1.90. The van der Waals surface area contributed by atoms with E-state index in [1.165, 1.54) is 0 Å². The molecule has 0 saturated carbocycles. The molecular formula is C14H25Cl2N3O. The number of hydrogen-bond donors (Lipinski definition) is 1. The molecule has 0 heterocycles. The molecule has 1 amide bonds. The van der Waals surface area contributed by atoms with Crippen molar-refractivity contribution < 1.29 is 4.79 Å². The van der Waals surface area contributed by atoms with Crippen LogP contribution in [-0.2, 0) is 4.79 Å². The second kappa shape index (κ2) is 10.9. The number of benzene rings is 1. The number of rotatable bonds is 6. The van der Waals surface area contributed by atoms with Crippen LogP contribution in [0.4, 0.5) is 0 Å². The predicted octanol–water partition coefficient (Wildman–Crippen LogP) is 1.81. The monoisotopic (exact) mass is 321 g/mol. The third kappa shape index (κ3) is 6.09. The Balaban J connectivity index is 0. The Labute approximate surface area is 134 Å². The second-order valence-corrected chi connectivity index (χ2v) is 4.64. The van der Waals surface area contributed by atoms with Crippen LogP contribution in [-0.4, -0.2) is 57.0 Å². The van der Waals surface area contributed by atoms with E-state index in [1.807, 2.05) is 63.4 Å². The lowest BCUT2D eigenvalue weighted by molar-refractivity contribution is -0.134. The van der Waals surface area contributed by atoms with Crippen LogP contribution in [0.5, 0.6) is 0 Å². The van der Waals surface area contributed by atoms with Gasteiger partial charge in [-0.3, -0.25) is 9.69 Å². The van der Waals surface area contributed by atoms with Crippen LogP contribution in [0.15, 0.2) is 30.3 Å². The molecule has 0 aliphatic carbocycles. The highest BCUT2D eigenvalue weighted by atomic mass is 35.5. The van der Waals surface area contributed by atoms with Crippen molar-refractivity contribution in [2.24, 2.45) is 0 Å². The predicted molar refractivity (Wildman–Crippen MR) is 88.9 cm³/mol. The van der Waals surface area contributed by atoms with Gasteiger partial charge in [0, 0.05) is 20.1 Å². The van der Waals surface area contributed by atoms with Crippen molar-refractivity contribution >= 4 is 30.7 Å². The molecule has 0 fully saturated rings. The molecule has 0 aliphatic heterocycles. The summed E-state index contributed by atoms with van der Waals surface area (Å²) >= 11 is 0. The molecular weight excluding hydrogens is 297 g/mol. The van der Waals surface area contributed by atoms with E-state index < -0.39 is 0 Å². The zero-order chi connectivity index (χ0) is 13.5. The van der Waals surface area contributed by atoms with Crippen molar-refractivity contribution in [2.75, 3.05) is 41.3 Å². The fourth-order valence-corrected chi connectivity index (χ4v) is 1.90. The summed E-state index contributed by atoms with van der Waals surface area (Å²) < 4.78 is 0. The summed E-state index contributed by atoms with van der Waals surface area (Å²) in [6.07, 6.45) is 0. The van der Waals surface area contributed by atoms with Gasteiger partial charge in [0.1, 0.15) is 6.04 Å². The van der Waals surface area contributed by atoms with Gasteiger partial charge in [-0.25, -0.2) is 0 Å². The Bertz CT molecular complexity index is 374. The van der Waals surface area contributed by atoms with Crippen LogP contribution >= 0.6 is 24.8 Å². The van der Waals surface area contributed by atoms with Crippen LogP contribution in [0.3, 0.4) is 0 Å². The van der Waals surface area contributed by atoms with Crippen molar-refractivity contribution in [3.05, 3.63) is 35.9 Å². The van der Waals surface area contributed by atoms with Crippen molar-refractivity contribution in [1.29, 1.82) is 0 Å². The molecule has 0 saturated heterocycles. The largest absolute Gasteiger partial charge is 0.343 e. The molecule has 0 bridgehead atoms. The summed E-state index contributed by atoms with van der Waals surface area (Å²) in [7, 11) is 7.60. The zero-order valence-corrected chi connectivity index (χ0v) is 14.1. The van der Waals surface area contributed by atoms with Crippen LogP contribution in [0.25, 0.3) is 0 Å². The first-order valence-corrected chi connectivity index (χ1v) is 6.19. The molecule has 0 aliphatic rings. The molecule has 4 nitrogen and oxygen atoms in total. The van der Waals surface area contributed by atoms with E-state index in [4.69, 9.17) is 0 Å². The van der Waals surface area contributed by atoms with E-state index in [2.05, 4.69) is 5.32 Å². The van der Waals surface area contributed by atoms with Gasteiger partial charge in [-0.15, -0.1) is 24.8 Å². The minimum absolute atomic E-state index is 0. The van der Waals surface area contributed by atoms with Gasteiger partial charge in [0.25, 0.3) is 0 Å². The lowest BCUT2D eigenvalue weighted by Gasteiger charge is -2.28. The van der Waals surface area contributed by atoms with Gasteiger partial charge in [-0.1, -0.05) is 30.3 Å². The average Bonchev–Trinajstić information content (AvgIpc) is 2.36. The van der Waals surface area contributed by atoms with E-state index in [-0.39, 0.29) is 36.8 Å². The van der Waals surface area contributed by atoms with E-state index >= 15 is 0 Å². The topological polar surface area (TPSA) is 35.6 Å². The van der Waals surface area contributed by atoms with Crippen molar-refractivity contribution in [2.45, 2.75) is 6.04 Å². The van der Waals surface area contributed by atoms with E-state index in [0.717, 1.165) is 12.1 Å². The van der Waals surface area contributed by atoms with Crippen LogP contribution in [0.2, 0.25) is 0 Å². The summed E-state index contributed by atoms with van der Waals surface area (Å²) in [4.78, 5) is 16.2. The lowest BCUT2D eigenvalue weighted by Crippen LogP contribution is -2.40. The molecule has 0 radical (unpaired) electrons. The molecule has 0 spiro atoms. The Morgan fingerprint density at radius 2 is 1.70 bits per heavy atom. The third-order valence-electron chi connectivity index (χ3n) is 2.94. The number of hydrogen-bond acceptors (Lipinski definition) is 3. The lowest BCUT2D eigenvalue weighted by atomic mass is 10.0. The maximum Gasteiger partial charge on any atom is 0.244 e. The van der Waals surface area contributed by atoms with Gasteiger partial charge >= 0.3 is 0 Å². The summed E-state index contributed by atoms with van der Waals surface area (Å²) in [5, 5.41) is 3.05. The highest BCUT2D eigenvalue weighted by Gasteiger charge is 2.25. The smallest absolute Gasteiger partial charge is 0.244 e. The normalized spacial score (nSPS) is 11.2. The maximum absolute atomic E-state index is 12.4. The van der Waals surface area contributed by atoms with Gasteiger partial charge in [-0.05, 0) is 26.7 Å². The molecule has 1 aromatic rings. The van der Waals surface area contributed by atoms with Crippen LogP contribution in [0, 0.1) is 0 Å². The summed E-state index contributed by atoms with van der Waals surface area (Å²) in [5.41, 5.74) is 1.03. The first kappa shape index (κ1) is 21.5. The Kier molecular flexibility index (Phi) is 11.7. The number of nitrogens with zero attached hydrogens (tertiary/aromatic N) is 2. The van der Waals surface area contributed by atoms with E-state index in [9.17, 15) is 4.79 Å². The number of likely N-dealkylation sites (N-methyl/N-ethyl adjacent to an activating group) is 3. The number of amides is 1. The first-order valence-electron chi connectivity index (χ1n) is 6.19. The molecule has 116 valence electrons. The van der Waals surface area contributed by atoms with Gasteiger partial charge in [0.2, 0.25) is 5.91 Å². The zero-order valence-electron chi connectivity index (χ0n) is 12.5. The second-order valence-electron chi connectivity index (χ2n) is 4.64. The minimum Gasteiger partial charge on any atom is -0.343 e. The number of carbonyl (C=O) groups excluding carboxylic acids is 1. The molecule has 1 rings (SSSR count). The molecule has 1 aromatic carbocycles. The van der Waals surface area contributed by atoms with Gasteiger partial charge in [0.05, 0.1) is 0 Å². The number of nitrogens with one attached hydrogen (secondary N) is 1. The van der Waals surface area contributed by atoms with Gasteiger partial charge in [-0.2, -0.15) is 0 Å². The van der Waals surface area contributed by atoms with Crippen LogP contribution in [0.1, 0.15) is 11.6 Å². The van der Waals surface area contributed by atoms with Crippen LogP contribution < -0.4 is 5.32 Å². The Hall–Kier alpha value is -0.810. The Morgan fingerprint density at radius 3 is 2.15 bits per heavy atom. The maximum atomic E-state index is 12.4. The quantitative estimate of drug-likeness (QED) is 0.868. The highest BCUT2D eigenvalue weighted by molar-refractivity contribution is 5.85. The Morgan fingerprint density at radius 1 is 1.15 bits per heavy atom. The van der Waals surface area contributed by atoms with Gasteiger partial charge < -0.3 is 10.2 Å². The highest BCUT2D eigenvalue weighted by Crippen LogP contribution is 2.19. The molecule has 20 heavy (non-hydrogen) atoms. The van der Waals surface area contributed by atoms with Crippen molar-refractivity contribution in [1.82, 2.24) is 15.1 Å². The van der Waals surface area contributed by atoms with Crippen molar-refractivity contribution in [3.63, 3.8) is 0 Å². The third-order valence-corrected chi connectivity index (χ3v) is 2.94. The van der Waals surface area contributed by atoms with Gasteiger partial charge in [0.15, 0.2) is 0 Å². The number of halogens is 2. The van der Waals surface area contributed by atoms with E-state index in [0.29, 0.717) is 6.54 Å².